The first-order chi connectivity index (χ1) is 11.1. The van der Waals surface area contributed by atoms with E-state index < -0.39 is 22.1 Å². The molecule has 0 spiro atoms. The molecule has 0 aliphatic carbocycles. The van der Waals surface area contributed by atoms with Crippen LogP contribution >= 0.6 is 0 Å². The summed E-state index contributed by atoms with van der Waals surface area (Å²) in [5.41, 5.74) is 0.687. The fourth-order valence-electron chi connectivity index (χ4n) is 1.86. The minimum Gasteiger partial charge on any atom is -0.449 e. The summed E-state index contributed by atoms with van der Waals surface area (Å²) in [6.45, 7) is 5.55. The maximum Gasteiger partial charge on any atom is 0.339 e. The number of esters is 1. The van der Waals surface area contributed by atoms with Crippen molar-refractivity contribution in [2.75, 3.05) is 20.6 Å². The number of carbonyl (C=O) groups is 2. The molecule has 7 nitrogen and oxygen atoms in total. The zero-order valence-electron chi connectivity index (χ0n) is 14.6. The second kappa shape index (κ2) is 8.25. The third-order valence-electron chi connectivity index (χ3n) is 3.41. The molecule has 0 unspecified atom stereocenters. The van der Waals surface area contributed by atoms with Crippen molar-refractivity contribution in [2.45, 2.75) is 38.2 Å². The number of amides is 1. The second-order valence-electron chi connectivity index (χ2n) is 5.60. The lowest BCUT2D eigenvalue weighted by Gasteiger charge is -2.16. The predicted octanol–water partition coefficient (Wildman–Crippen LogP) is 1.32. The van der Waals surface area contributed by atoms with Gasteiger partial charge in [0.25, 0.3) is 5.91 Å². The Morgan fingerprint density at radius 2 is 1.92 bits per heavy atom. The average molecular weight is 356 g/mol. The lowest BCUT2D eigenvalue weighted by atomic mass is 10.1. The van der Waals surface area contributed by atoms with Gasteiger partial charge in [-0.25, -0.2) is 17.5 Å². The molecule has 1 aromatic carbocycles. The van der Waals surface area contributed by atoms with E-state index in [0.717, 1.165) is 10.7 Å². The van der Waals surface area contributed by atoms with Crippen molar-refractivity contribution in [3.63, 3.8) is 0 Å². The number of sulfonamides is 1. The van der Waals surface area contributed by atoms with Crippen LogP contribution in [0.5, 0.6) is 0 Å². The molecule has 1 aromatic rings. The molecule has 0 saturated carbocycles. The number of nitrogens with one attached hydrogen (secondary N) is 1. The van der Waals surface area contributed by atoms with Crippen molar-refractivity contribution in [1.29, 1.82) is 0 Å². The molecule has 0 aliphatic heterocycles. The molecule has 24 heavy (non-hydrogen) atoms. The maximum absolute atomic E-state index is 12.3. The Morgan fingerprint density at radius 3 is 2.46 bits per heavy atom. The largest absolute Gasteiger partial charge is 0.449 e. The molecule has 0 heterocycles. The first kappa shape index (κ1) is 20.1. The normalized spacial score (nSPS) is 12.8. The second-order valence-corrected chi connectivity index (χ2v) is 7.75. The van der Waals surface area contributed by atoms with Crippen LogP contribution in [-0.2, 0) is 19.6 Å². The summed E-state index contributed by atoms with van der Waals surface area (Å²) in [5.74, 6) is -1.12. The first-order valence-corrected chi connectivity index (χ1v) is 9.07. The van der Waals surface area contributed by atoms with Crippen molar-refractivity contribution >= 4 is 21.9 Å². The molecule has 1 atom stereocenters. The van der Waals surface area contributed by atoms with E-state index in [2.05, 4.69) is 5.32 Å². The summed E-state index contributed by atoms with van der Waals surface area (Å²) >= 11 is 0. The van der Waals surface area contributed by atoms with Crippen molar-refractivity contribution < 1.29 is 22.7 Å². The van der Waals surface area contributed by atoms with Gasteiger partial charge >= 0.3 is 5.97 Å². The van der Waals surface area contributed by atoms with E-state index in [0.29, 0.717) is 12.1 Å². The lowest BCUT2D eigenvalue weighted by Crippen LogP contribution is -2.36. The number of aryl methyl sites for hydroxylation is 1. The van der Waals surface area contributed by atoms with Crippen molar-refractivity contribution in [1.82, 2.24) is 9.62 Å². The molecule has 0 bridgehead atoms. The molecule has 1 N–H and O–H groups in total. The molecule has 1 amide bonds. The number of rotatable bonds is 7. The van der Waals surface area contributed by atoms with Gasteiger partial charge in [0.1, 0.15) is 0 Å². The van der Waals surface area contributed by atoms with Crippen LogP contribution in [0.15, 0.2) is 23.1 Å². The van der Waals surface area contributed by atoms with Crippen molar-refractivity contribution in [3.05, 3.63) is 29.3 Å². The maximum atomic E-state index is 12.3. The van der Waals surface area contributed by atoms with Gasteiger partial charge in [-0.15, -0.1) is 0 Å². The Kier molecular flexibility index (Phi) is 6.92. The van der Waals surface area contributed by atoms with Crippen LogP contribution in [-0.4, -0.2) is 51.3 Å². The summed E-state index contributed by atoms with van der Waals surface area (Å²) < 4.78 is 30.6. The highest BCUT2D eigenvalue weighted by molar-refractivity contribution is 7.89. The van der Waals surface area contributed by atoms with E-state index in [1.165, 1.54) is 39.2 Å². The Morgan fingerprint density at radius 1 is 1.29 bits per heavy atom. The summed E-state index contributed by atoms with van der Waals surface area (Å²) in [6, 6.07) is 4.23. The van der Waals surface area contributed by atoms with Crippen molar-refractivity contribution in [3.8, 4) is 0 Å². The van der Waals surface area contributed by atoms with E-state index in [1.807, 2.05) is 6.92 Å². The summed E-state index contributed by atoms with van der Waals surface area (Å²) in [4.78, 5) is 24.1. The highest BCUT2D eigenvalue weighted by atomic mass is 32.2. The van der Waals surface area contributed by atoms with Crippen LogP contribution in [0.25, 0.3) is 0 Å². The van der Waals surface area contributed by atoms with E-state index in [4.69, 9.17) is 4.74 Å². The molecule has 0 fully saturated rings. The Bertz CT molecular complexity index is 713. The highest BCUT2D eigenvalue weighted by Crippen LogP contribution is 2.19. The molecule has 0 aliphatic rings. The fraction of sp³-hybridized carbons (Fsp3) is 0.500. The van der Waals surface area contributed by atoms with Crippen LogP contribution in [0.2, 0.25) is 0 Å². The smallest absolute Gasteiger partial charge is 0.339 e. The topological polar surface area (TPSA) is 92.8 Å². The van der Waals surface area contributed by atoms with Gasteiger partial charge in [-0.1, -0.05) is 13.0 Å². The van der Waals surface area contributed by atoms with Crippen LogP contribution in [0.3, 0.4) is 0 Å². The molecule has 134 valence electrons. The predicted molar refractivity (Wildman–Crippen MR) is 90.2 cm³/mol. The standard InChI is InChI=1S/C16H24N2O5S/c1-6-9-17-15(19)12(3)23-16(20)14-10-13(8-7-11(14)2)24(21,22)18(4)5/h7-8,10,12H,6,9H2,1-5H3,(H,17,19)/t12-/m1/s1. The number of nitrogens with zero attached hydrogens (tertiary/aromatic N) is 1. The SMILES string of the molecule is CCCNC(=O)[C@@H](C)OC(=O)c1cc(S(=O)(=O)N(C)C)ccc1C. The Labute approximate surface area is 143 Å². The summed E-state index contributed by atoms with van der Waals surface area (Å²) in [5, 5.41) is 2.64. The number of hydrogen-bond donors (Lipinski definition) is 1. The highest BCUT2D eigenvalue weighted by Gasteiger charge is 2.23. The van der Waals surface area contributed by atoms with Gasteiger partial charge in [0.2, 0.25) is 10.0 Å². The quantitative estimate of drug-likeness (QED) is 0.744. The molecule has 1 rings (SSSR count). The zero-order chi connectivity index (χ0) is 18.5. The molecule has 0 saturated heterocycles. The minimum atomic E-state index is -3.66. The van der Waals surface area contributed by atoms with Gasteiger partial charge < -0.3 is 10.1 Å². The van der Waals surface area contributed by atoms with E-state index in [-0.39, 0.29) is 16.4 Å². The van der Waals surface area contributed by atoms with Gasteiger partial charge in [-0.05, 0) is 38.0 Å². The lowest BCUT2D eigenvalue weighted by molar-refractivity contribution is -0.129. The zero-order valence-corrected chi connectivity index (χ0v) is 15.4. The monoisotopic (exact) mass is 356 g/mol. The van der Waals surface area contributed by atoms with Gasteiger partial charge in [0, 0.05) is 20.6 Å². The number of carbonyl (C=O) groups excluding carboxylic acids is 2. The van der Waals surface area contributed by atoms with Gasteiger partial charge in [-0.2, -0.15) is 0 Å². The molecule has 0 radical (unpaired) electrons. The van der Waals surface area contributed by atoms with Crippen LogP contribution in [0.4, 0.5) is 0 Å². The van der Waals surface area contributed by atoms with E-state index in [9.17, 15) is 18.0 Å². The summed E-state index contributed by atoms with van der Waals surface area (Å²) in [7, 11) is -0.840. The third-order valence-corrected chi connectivity index (χ3v) is 5.22. The van der Waals surface area contributed by atoms with Crippen LogP contribution in [0.1, 0.15) is 36.2 Å². The van der Waals surface area contributed by atoms with Crippen LogP contribution in [0, 0.1) is 6.92 Å². The van der Waals surface area contributed by atoms with E-state index in [1.54, 1.807) is 6.92 Å². The van der Waals surface area contributed by atoms with E-state index >= 15 is 0 Å². The number of benzene rings is 1. The fourth-order valence-corrected chi connectivity index (χ4v) is 2.79. The Hall–Kier alpha value is -1.93. The average Bonchev–Trinajstić information content (AvgIpc) is 2.52. The molecular formula is C16H24N2O5S. The molecule has 8 heteroatoms. The Balaban J connectivity index is 3.01. The third kappa shape index (κ3) is 4.78. The number of ether oxygens (including phenoxy) is 1. The van der Waals surface area contributed by atoms with Crippen molar-refractivity contribution in [2.24, 2.45) is 0 Å². The number of hydrogen-bond acceptors (Lipinski definition) is 5. The first-order valence-electron chi connectivity index (χ1n) is 7.63. The minimum absolute atomic E-state index is 0.00635. The van der Waals surface area contributed by atoms with Gasteiger partial charge in [0.05, 0.1) is 10.5 Å². The van der Waals surface area contributed by atoms with Crippen LogP contribution < -0.4 is 5.32 Å². The van der Waals surface area contributed by atoms with Gasteiger partial charge in [-0.3, -0.25) is 4.79 Å². The van der Waals surface area contributed by atoms with Gasteiger partial charge in [0.15, 0.2) is 6.10 Å². The molecular weight excluding hydrogens is 332 g/mol. The summed E-state index contributed by atoms with van der Waals surface area (Å²) in [6.07, 6.45) is -0.187. The molecule has 0 aromatic heterocycles.